The Morgan fingerprint density at radius 1 is 1.15 bits per heavy atom. The largest absolute Gasteiger partial charge is 0.296 e. The third-order valence-corrected chi connectivity index (χ3v) is 6.02. The zero-order valence-corrected chi connectivity index (χ0v) is 17.1. The van der Waals surface area contributed by atoms with Crippen molar-refractivity contribution in [2.45, 2.75) is 4.34 Å². The molecule has 0 fully saturated rings. The number of amides is 1. The maximum Gasteiger partial charge on any atom is 0.259 e. The number of Topliss-reactive ketones (excluding diaryl/α,β-unsaturated/α-hetero) is 1. The Morgan fingerprint density at radius 2 is 1.92 bits per heavy atom. The first-order valence-corrected chi connectivity index (χ1v) is 10.3. The molecule has 0 unspecified atom stereocenters. The van der Waals surface area contributed by atoms with Crippen LogP contribution in [0, 0.1) is 0 Å². The summed E-state index contributed by atoms with van der Waals surface area (Å²) in [7, 11) is 0. The second-order valence-electron chi connectivity index (χ2n) is 5.03. The van der Waals surface area contributed by atoms with E-state index < -0.39 is 0 Å². The van der Waals surface area contributed by atoms with Gasteiger partial charge in [0.15, 0.2) is 10.1 Å². The number of nitrogens with zero attached hydrogens (tertiary/aromatic N) is 2. The lowest BCUT2D eigenvalue weighted by Gasteiger charge is -2.04. The average Bonchev–Trinajstić information content (AvgIpc) is 3.09. The first-order chi connectivity index (χ1) is 12.5. The predicted octanol–water partition coefficient (Wildman–Crippen LogP) is 5.18. The highest BCUT2D eigenvalue weighted by atomic mass is 79.9. The van der Waals surface area contributed by atoms with Crippen LogP contribution in [0.1, 0.15) is 20.7 Å². The monoisotopic (exact) mass is 467 g/mol. The quantitative estimate of drug-likeness (QED) is 0.306. The van der Waals surface area contributed by atoms with Gasteiger partial charge in [0, 0.05) is 10.0 Å². The van der Waals surface area contributed by atoms with Crippen LogP contribution in [-0.2, 0) is 0 Å². The molecule has 26 heavy (non-hydrogen) atoms. The van der Waals surface area contributed by atoms with Gasteiger partial charge in [0.1, 0.15) is 0 Å². The smallest absolute Gasteiger partial charge is 0.259 e. The molecule has 0 radical (unpaired) electrons. The molecule has 9 heteroatoms. The summed E-state index contributed by atoms with van der Waals surface area (Å²) in [5.41, 5.74) is 0.993. The van der Waals surface area contributed by atoms with Crippen molar-refractivity contribution in [3.8, 4) is 0 Å². The Hall–Kier alpha value is -1.74. The molecule has 0 bridgehead atoms. The van der Waals surface area contributed by atoms with Gasteiger partial charge >= 0.3 is 0 Å². The van der Waals surface area contributed by atoms with Crippen molar-refractivity contribution in [1.82, 2.24) is 10.2 Å². The molecule has 2 aromatic carbocycles. The third kappa shape index (κ3) is 4.91. The van der Waals surface area contributed by atoms with E-state index in [9.17, 15) is 9.59 Å². The zero-order chi connectivity index (χ0) is 18.5. The van der Waals surface area contributed by atoms with Crippen molar-refractivity contribution in [3.05, 3.63) is 69.2 Å². The molecule has 0 saturated heterocycles. The number of anilines is 1. The number of benzene rings is 2. The maximum absolute atomic E-state index is 12.3. The maximum atomic E-state index is 12.3. The molecule has 132 valence electrons. The molecule has 3 rings (SSSR count). The fourth-order valence-electron chi connectivity index (χ4n) is 1.99. The van der Waals surface area contributed by atoms with E-state index in [1.165, 1.54) is 23.1 Å². The lowest BCUT2D eigenvalue weighted by molar-refractivity contribution is 0.101. The fraction of sp³-hybridized carbons (Fsp3) is 0.0588. The number of carbonyl (C=O) groups is 2. The highest BCUT2D eigenvalue weighted by Gasteiger charge is 2.15. The second-order valence-corrected chi connectivity index (χ2v) is 8.55. The Balaban J connectivity index is 1.60. The molecule has 1 aromatic heterocycles. The van der Waals surface area contributed by atoms with Crippen molar-refractivity contribution < 1.29 is 9.59 Å². The summed E-state index contributed by atoms with van der Waals surface area (Å²) in [5, 5.41) is 11.3. The van der Waals surface area contributed by atoms with Crippen LogP contribution in [0.4, 0.5) is 5.13 Å². The Kier molecular flexibility index (Phi) is 6.42. The minimum absolute atomic E-state index is 0.0114. The first kappa shape index (κ1) is 19.0. The summed E-state index contributed by atoms with van der Waals surface area (Å²) >= 11 is 11.8. The zero-order valence-electron chi connectivity index (χ0n) is 13.1. The molecule has 3 aromatic rings. The number of ketones is 1. The lowest BCUT2D eigenvalue weighted by atomic mass is 10.2. The number of rotatable bonds is 6. The number of halogens is 2. The fourth-order valence-corrected chi connectivity index (χ4v) is 4.20. The summed E-state index contributed by atoms with van der Waals surface area (Å²) in [6, 6.07) is 14.1. The van der Waals surface area contributed by atoms with Gasteiger partial charge in [0.25, 0.3) is 5.91 Å². The molecular formula is C17H11BrClN3O2S2. The van der Waals surface area contributed by atoms with E-state index in [4.69, 9.17) is 11.6 Å². The van der Waals surface area contributed by atoms with Crippen molar-refractivity contribution >= 4 is 67.5 Å². The van der Waals surface area contributed by atoms with Crippen LogP contribution in [0.2, 0.25) is 5.02 Å². The standard InChI is InChI=1S/C17H11BrClN3O2S2/c18-11-6-7-13(19)12(8-11)15(24)20-16-21-22-17(26-16)25-9-14(23)10-4-2-1-3-5-10/h1-8H,9H2,(H,20,21,24). The molecule has 0 spiro atoms. The topological polar surface area (TPSA) is 72.0 Å². The van der Waals surface area contributed by atoms with Gasteiger partial charge in [-0.1, -0.05) is 81.0 Å². The van der Waals surface area contributed by atoms with E-state index in [1.54, 1.807) is 30.3 Å². The van der Waals surface area contributed by atoms with Crippen LogP contribution in [0.3, 0.4) is 0 Å². The van der Waals surface area contributed by atoms with Crippen LogP contribution in [0.25, 0.3) is 0 Å². The van der Waals surface area contributed by atoms with E-state index in [-0.39, 0.29) is 17.4 Å². The predicted molar refractivity (Wildman–Crippen MR) is 109 cm³/mol. The van der Waals surface area contributed by atoms with Gasteiger partial charge in [-0.2, -0.15) is 0 Å². The van der Waals surface area contributed by atoms with E-state index in [1.807, 2.05) is 18.2 Å². The summed E-state index contributed by atoms with van der Waals surface area (Å²) in [6.45, 7) is 0. The van der Waals surface area contributed by atoms with Gasteiger partial charge in [-0.3, -0.25) is 14.9 Å². The number of thioether (sulfide) groups is 1. The SMILES string of the molecule is O=C(CSc1nnc(NC(=O)c2cc(Br)ccc2Cl)s1)c1ccccc1. The highest BCUT2D eigenvalue weighted by Crippen LogP contribution is 2.27. The number of nitrogens with one attached hydrogen (secondary N) is 1. The number of hydrogen-bond acceptors (Lipinski definition) is 6. The summed E-state index contributed by atoms with van der Waals surface area (Å²) < 4.78 is 1.35. The Labute approximate surface area is 171 Å². The Bertz CT molecular complexity index is 950. The van der Waals surface area contributed by atoms with Crippen LogP contribution < -0.4 is 5.32 Å². The van der Waals surface area contributed by atoms with Gasteiger partial charge < -0.3 is 0 Å². The second kappa shape index (κ2) is 8.77. The van der Waals surface area contributed by atoms with Crippen LogP contribution >= 0.6 is 50.6 Å². The van der Waals surface area contributed by atoms with Gasteiger partial charge in [0.2, 0.25) is 5.13 Å². The number of aromatic nitrogens is 2. The van der Waals surface area contributed by atoms with Crippen molar-refractivity contribution in [2.24, 2.45) is 0 Å². The summed E-state index contributed by atoms with van der Waals surface area (Å²) in [6.07, 6.45) is 0. The van der Waals surface area contributed by atoms with Gasteiger partial charge in [-0.05, 0) is 18.2 Å². The van der Waals surface area contributed by atoms with E-state index in [0.29, 0.717) is 25.6 Å². The summed E-state index contributed by atoms with van der Waals surface area (Å²) in [5.74, 6) is -0.106. The molecule has 1 heterocycles. The van der Waals surface area contributed by atoms with Crippen molar-refractivity contribution in [3.63, 3.8) is 0 Å². The van der Waals surface area contributed by atoms with Crippen LogP contribution in [0.5, 0.6) is 0 Å². The molecule has 0 aliphatic heterocycles. The van der Waals surface area contributed by atoms with Gasteiger partial charge in [-0.25, -0.2) is 0 Å². The first-order valence-electron chi connectivity index (χ1n) is 7.34. The van der Waals surface area contributed by atoms with Crippen molar-refractivity contribution in [2.75, 3.05) is 11.1 Å². The van der Waals surface area contributed by atoms with Gasteiger partial charge in [-0.15, -0.1) is 10.2 Å². The minimum atomic E-state index is -0.371. The molecular weight excluding hydrogens is 458 g/mol. The minimum Gasteiger partial charge on any atom is -0.296 e. The van der Waals surface area contributed by atoms with E-state index >= 15 is 0 Å². The molecule has 0 atom stereocenters. The molecule has 0 aliphatic rings. The van der Waals surface area contributed by atoms with E-state index in [0.717, 1.165) is 4.47 Å². The molecule has 0 aliphatic carbocycles. The molecule has 1 N–H and O–H groups in total. The molecule has 5 nitrogen and oxygen atoms in total. The lowest BCUT2D eigenvalue weighted by Crippen LogP contribution is -2.12. The number of hydrogen-bond donors (Lipinski definition) is 1. The van der Waals surface area contributed by atoms with E-state index in [2.05, 4.69) is 31.4 Å². The number of carbonyl (C=O) groups excluding carboxylic acids is 2. The van der Waals surface area contributed by atoms with Crippen LogP contribution in [-0.4, -0.2) is 27.6 Å². The van der Waals surface area contributed by atoms with Crippen LogP contribution in [0.15, 0.2) is 57.3 Å². The third-order valence-electron chi connectivity index (χ3n) is 3.22. The molecule has 0 saturated carbocycles. The summed E-state index contributed by atoms with van der Waals surface area (Å²) in [4.78, 5) is 24.4. The Morgan fingerprint density at radius 3 is 2.69 bits per heavy atom. The normalized spacial score (nSPS) is 10.5. The highest BCUT2D eigenvalue weighted by molar-refractivity contribution is 9.10. The van der Waals surface area contributed by atoms with Crippen molar-refractivity contribution in [1.29, 1.82) is 0 Å². The average molecular weight is 469 g/mol. The molecule has 1 amide bonds. The van der Waals surface area contributed by atoms with Gasteiger partial charge in [0.05, 0.1) is 16.3 Å².